The van der Waals surface area contributed by atoms with E-state index in [0.717, 1.165) is 34.4 Å². The molecule has 0 spiro atoms. The van der Waals surface area contributed by atoms with E-state index in [1.165, 1.54) is 0 Å². The van der Waals surface area contributed by atoms with E-state index in [9.17, 15) is 14.9 Å². The molecule has 0 aliphatic carbocycles. The van der Waals surface area contributed by atoms with Gasteiger partial charge >= 0.3 is 0 Å². The summed E-state index contributed by atoms with van der Waals surface area (Å²) in [5, 5.41) is 15.0. The maximum absolute atomic E-state index is 13.8. The number of piperidine rings is 1. The average Bonchev–Trinajstić information content (AvgIpc) is 3.48. The molecular formula is C31H35N5O2S. The van der Waals surface area contributed by atoms with Crippen molar-refractivity contribution in [3.05, 3.63) is 82.0 Å². The molecule has 3 aromatic rings. The number of benzene rings is 2. The summed E-state index contributed by atoms with van der Waals surface area (Å²) in [6, 6.07) is 21.8. The minimum absolute atomic E-state index is 0.0348. The lowest BCUT2D eigenvalue weighted by molar-refractivity contribution is -0.151. The van der Waals surface area contributed by atoms with E-state index in [0.29, 0.717) is 18.7 Å². The number of rotatable bonds is 5. The molecule has 7 nitrogen and oxygen atoms in total. The molecule has 39 heavy (non-hydrogen) atoms. The molecule has 2 aliphatic rings. The SMILES string of the molecule is CC(C(=O)N1CCC([C@H]2C(=O)N(C)C(N)N[C@]2(C)c2cc(-c3cccc(C#N)c3)cs2)CC1)c1ccccc1. The topological polar surface area (TPSA) is 102 Å². The number of carbonyl (C=O) groups excluding carboxylic acids is 2. The van der Waals surface area contributed by atoms with Crippen LogP contribution in [0.5, 0.6) is 0 Å². The molecule has 5 rings (SSSR count). The van der Waals surface area contributed by atoms with Gasteiger partial charge in [0, 0.05) is 25.0 Å². The van der Waals surface area contributed by atoms with Gasteiger partial charge in [-0.15, -0.1) is 11.3 Å². The van der Waals surface area contributed by atoms with Crippen molar-refractivity contribution in [1.29, 1.82) is 5.26 Å². The van der Waals surface area contributed by atoms with Gasteiger partial charge in [-0.1, -0.05) is 42.5 Å². The lowest BCUT2D eigenvalue weighted by atomic mass is 9.70. The Kier molecular flexibility index (Phi) is 7.59. The third-order valence-corrected chi connectivity index (χ3v) is 9.70. The highest BCUT2D eigenvalue weighted by molar-refractivity contribution is 7.10. The van der Waals surface area contributed by atoms with Crippen LogP contribution >= 0.6 is 11.3 Å². The number of nitrogens with zero attached hydrogens (tertiary/aromatic N) is 3. The monoisotopic (exact) mass is 541 g/mol. The fraction of sp³-hybridized carbons (Fsp3) is 0.387. The minimum atomic E-state index is -0.660. The summed E-state index contributed by atoms with van der Waals surface area (Å²) in [6.07, 6.45) is 0.915. The molecule has 4 atom stereocenters. The maximum Gasteiger partial charge on any atom is 0.230 e. The van der Waals surface area contributed by atoms with E-state index in [2.05, 4.69) is 29.8 Å². The number of hydrogen-bond donors (Lipinski definition) is 2. The summed E-state index contributed by atoms with van der Waals surface area (Å²) in [4.78, 5) is 31.7. The molecule has 2 unspecified atom stereocenters. The zero-order valence-electron chi connectivity index (χ0n) is 22.6. The number of nitrogens with one attached hydrogen (secondary N) is 1. The van der Waals surface area contributed by atoms with E-state index in [1.54, 1.807) is 29.4 Å². The fourth-order valence-electron chi connectivity index (χ4n) is 6.13. The summed E-state index contributed by atoms with van der Waals surface area (Å²) in [6.45, 7) is 5.31. The van der Waals surface area contributed by atoms with Gasteiger partial charge in [-0.2, -0.15) is 5.26 Å². The average molecular weight is 542 g/mol. The molecule has 0 saturated carbocycles. The van der Waals surface area contributed by atoms with Gasteiger partial charge in [0.2, 0.25) is 11.8 Å². The molecule has 2 aromatic carbocycles. The van der Waals surface area contributed by atoms with Crippen LogP contribution in [0.1, 0.15) is 48.6 Å². The molecule has 8 heteroatoms. The first kappa shape index (κ1) is 27.1. The van der Waals surface area contributed by atoms with Crippen LogP contribution in [0.3, 0.4) is 0 Å². The molecule has 2 fully saturated rings. The largest absolute Gasteiger partial charge is 0.342 e. The van der Waals surface area contributed by atoms with Gasteiger partial charge in [0.15, 0.2) is 0 Å². The maximum atomic E-state index is 13.8. The summed E-state index contributed by atoms with van der Waals surface area (Å²) in [5.74, 6) is -0.236. The Morgan fingerprint density at radius 3 is 2.54 bits per heavy atom. The second-order valence-electron chi connectivity index (χ2n) is 10.9. The van der Waals surface area contributed by atoms with Crippen molar-refractivity contribution in [2.24, 2.45) is 17.6 Å². The van der Waals surface area contributed by atoms with E-state index in [-0.39, 0.29) is 29.6 Å². The highest BCUT2D eigenvalue weighted by Crippen LogP contribution is 2.45. The van der Waals surface area contributed by atoms with Crippen molar-refractivity contribution in [2.75, 3.05) is 20.1 Å². The van der Waals surface area contributed by atoms with E-state index >= 15 is 0 Å². The van der Waals surface area contributed by atoms with Crippen LogP contribution in [0.4, 0.5) is 0 Å². The molecule has 202 valence electrons. The molecule has 0 radical (unpaired) electrons. The van der Waals surface area contributed by atoms with Crippen LogP contribution in [0.15, 0.2) is 66.0 Å². The Bertz CT molecular complexity index is 1390. The van der Waals surface area contributed by atoms with Crippen LogP contribution in [0.25, 0.3) is 11.1 Å². The van der Waals surface area contributed by atoms with Gasteiger partial charge in [0.1, 0.15) is 6.29 Å². The molecule has 0 bridgehead atoms. The number of likely N-dealkylation sites (tertiary alicyclic amines) is 1. The minimum Gasteiger partial charge on any atom is -0.342 e. The second-order valence-corrected chi connectivity index (χ2v) is 11.8. The third kappa shape index (κ3) is 5.10. The molecule has 1 aromatic heterocycles. The first-order valence-electron chi connectivity index (χ1n) is 13.5. The molecular weight excluding hydrogens is 506 g/mol. The number of hydrogen-bond acceptors (Lipinski definition) is 6. The quantitative estimate of drug-likeness (QED) is 0.496. The Balaban J connectivity index is 1.38. The zero-order valence-corrected chi connectivity index (χ0v) is 23.4. The highest BCUT2D eigenvalue weighted by Gasteiger charge is 2.52. The molecule has 3 heterocycles. The number of nitriles is 1. The van der Waals surface area contributed by atoms with Gasteiger partial charge in [0.25, 0.3) is 0 Å². The highest BCUT2D eigenvalue weighted by atomic mass is 32.1. The summed E-state index contributed by atoms with van der Waals surface area (Å²) in [7, 11) is 1.75. The molecule has 2 aliphatic heterocycles. The molecule has 2 amide bonds. The Hall–Kier alpha value is -3.51. The van der Waals surface area contributed by atoms with Crippen molar-refractivity contribution in [2.45, 2.75) is 44.4 Å². The number of amides is 2. The lowest BCUT2D eigenvalue weighted by Gasteiger charge is -2.51. The van der Waals surface area contributed by atoms with Crippen LogP contribution < -0.4 is 11.1 Å². The van der Waals surface area contributed by atoms with Crippen LogP contribution in [-0.2, 0) is 15.1 Å². The Morgan fingerprint density at radius 2 is 1.85 bits per heavy atom. The molecule has 2 saturated heterocycles. The van der Waals surface area contributed by atoms with Crippen molar-refractivity contribution in [3.8, 4) is 17.2 Å². The predicted molar refractivity (Wildman–Crippen MR) is 153 cm³/mol. The standard InChI is InChI=1S/C31H35N5O2S/c1-20(22-9-5-4-6-10-22)28(37)36-14-12-23(13-15-36)27-29(38)35(3)30(33)34-31(27,2)26-17-25(19-39-26)24-11-7-8-21(16-24)18-32/h4-11,16-17,19-20,23,27,30,34H,12-15,33H2,1-3H3/t20?,27-,30?,31+/m0/s1. The third-order valence-electron chi connectivity index (χ3n) is 8.53. The van der Waals surface area contributed by atoms with E-state index in [1.807, 2.05) is 60.4 Å². The van der Waals surface area contributed by atoms with Crippen molar-refractivity contribution in [3.63, 3.8) is 0 Å². The zero-order chi connectivity index (χ0) is 27.7. The van der Waals surface area contributed by atoms with Gasteiger partial charge in [0.05, 0.1) is 29.0 Å². The number of nitrogens with two attached hydrogens (primary N) is 1. The first-order chi connectivity index (χ1) is 18.7. The van der Waals surface area contributed by atoms with Crippen LogP contribution in [0, 0.1) is 23.2 Å². The summed E-state index contributed by atoms with van der Waals surface area (Å²) in [5.41, 5.74) is 9.35. The van der Waals surface area contributed by atoms with Gasteiger partial charge in [-0.05, 0) is 72.9 Å². The Labute approximate surface area is 234 Å². The molecule has 3 N–H and O–H groups in total. The van der Waals surface area contributed by atoms with Crippen molar-refractivity contribution >= 4 is 23.2 Å². The van der Waals surface area contributed by atoms with Gasteiger partial charge in [-0.25, -0.2) is 0 Å². The van der Waals surface area contributed by atoms with Gasteiger partial charge < -0.3 is 9.80 Å². The number of thiophene rings is 1. The summed E-state index contributed by atoms with van der Waals surface area (Å²) >= 11 is 1.61. The van der Waals surface area contributed by atoms with Crippen molar-refractivity contribution < 1.29 is 9.59 Å². The van der Waals surface area contributed by atoms with Crippen LogP contribution in [0.2, 0.25) is 0 Å². The number of carbonyl (C=O) groups is 2. The van der Waals surface area contributed by atoms with E-state index in [4.69, 9.17) is 5.73 Å². The normalized spacial score (nSPS) is 24.8. The fourth-order valence-corrected chi connectivity index (χ4v) is 7.22. The van der Waals surface area contributed by atoms with Crippen molar-refractivity contribution in [1.82, 2.24) is 15.1 Å². The van der Waals surface area contributed by atoms with Gasteiger partial charge in [-0.3, -0.25) is 20.6 Å². The second kappa shape index (κ2) is 10.9. The van der Waals surface area contributed by atoms with E-state index < -0.39 is 11.8 Å². The summed E-state index contributed by atoms with van der Waals surface area (Å²) < 4.78 is 0. The smallest absolute Gasteiger partial charge is 0.230 e. The van der Waals surface area contributed by atoms with Crippen LogP contribution in [-0.4, -0.2) is 48.0 Å². The predicted octanol–water partition coefficient (Wildman–Crippen LogP) is 4.46. The lowest BCUT2D eigenvalue weighted by Crippen LogP contribution is -2.70. The first-order valence-corrected chi connectivity index (χ1v) is 14.3. The Morgan fingerprint density at radius 1 is 1.13 bits per heavy atom.